The van der Waals surface area contributed by atoms with Gasteiger partial charge in [0.15, 0.2) is 0 Å². The van der Waals surface area contributed by atoms with E-state index < -0.39 is 0 Å². The number of hydrogen-bond donors (Lipinski definition) is 0. The Morgan fingerprint density at radius 2 is 2.00 bits per heavy atom. The molecule has 0 saturated carbocycles. The molecular formula is C15H16Br2OS. The number of ether oxygens (including phenoxy) is 1. The van der Waals surface area contributed by atoms with E-state index in [9.17, 15) is 0 Å². The highest BCUT2D eigenvalue weighted by atomic mass is 79.9. The molecule has 0 amide bonds. The predicted octanol–water partition coefficient (Wildman–Crippen LogP) is 6.01. The van der Waals surface area contributed by atoms with E-state index in [0.717, 1.165) is 5.75 Å². The maximum Gasteiger partial charge on any atom is 0.123 e. The van der Waals surface area contributed by atoms with Gasteiger partial charge in [-0.05, 0) is 54.4 Å². The van der Waals surface area contributed by atoms with Gasteiger partial charge in [-0.15, -0.1) is 11.3 Å². The molecule has 0 aliphatic rings. The number of benzene rings is 1. The van der Waals surface area contributed by atoms with Crippen molar-refractivity contribution in [2.45, 2.75) is 25.6 Å². The fourth-order valence-corrected chi connectivity index (χ4v) is 4.25. The molecule has 0 bridgehead atoms. The molecule has 1 nitrogen and oxygen atoms in total. The first-order valence-corrected chi connectivity index (χ1v) is 8.68. The monoisotopic (exact) mass is 402 g/mol. The number of hydrogen-bond acceptors (Lipinski definition) is 2. The van der Waals surface area contributed by atoms with Crippen LogP contribution in [0, 0.1) is 13.8 Å². The lowest BCUT2D eigenvalue weighted by Gasteiger charge is -2.15. The van der Waals surface area contributed by atoms with E-state index in [0.29, 0.717) is 6.61 Å². The minimum Gasteiger partial charge on any atom is -0.494 e. The maximum absolute atomic E-state index is 5.73. The molecule has 2 rings (SSSR count). The Morgan fingerprint density at radius 1 is 1.26 bits per heavy atom. The highest BCUT2D eigenvalue weighted by Crippen LogP contribution is 2.42. The molecule has 0 radical (unpaired) electrons. The Kier molecular flexibility index (Phi) is 5.09. The molecule has 0 spiro atoms. The first kappa shape index (κ1) is 15.1. The topological polar surface area (TPSA) is 9.23 Å². The molecule has 102 valence electrons. The summed E-state index contributed by atoms with van der Waals surface area (Å²) < 4.78 is 6.93. The van der Waals surface area contributed by atoms with Crippen molar-refractivity contribution in [2.75, 3.05) is 6.61 Å². The van der Waals surface area contributed by atoms with Gasteiger partial charge in [0.05, 0.1) is 15.2 Å². The predicted molar refractivity (Wildman–Crippen MR) is 89.9 cm³/mol. The molecule has 0 fully saturated rings. The number of alkyl halides is 1. The summed E-state index contributed by atoms with van der Waals surface area (Å²) in [4.78, 5) is 1.46. The second kappa shape index (κ2) is 6.42. The molecular weight excluding hydrogens is 388 g/mol. The fraction of sp³-hybridized carbons (Fsp3) is 0.333. The summed E-state index contributed by atoms with van der Waals surface area (Å²) in [6, 6.07) is 8.54. The largest absolute Gasteiger partial charge is 0.494 e. The average Bonchev–Trinajstić information content (AvgIpc) is 2.71. The van der Waals surface area contributed by atoms with Crippen LogP contribution in [0.3, 0.4) is 0 Å². The molecule has 1 aromatic heterocycles. The summed E-state index contributed by atoms with van der Waals surface area (Å²) in [5.41, 5.74) is 3.71. The molecule has 0 saturated heterocycles. The van der Waals surface area contributed by atoms with Gasteiger partial charge in [0.2, 0.25) is 0 Å². The summed E-state index contributed by atoms with van der Waals surface area (Å²) in [6.07, 6.45) is 0. The molecule has 1 heterocycles. The number of thiophene rings is 1. The molecule has 2 aromatic rings. The normalized spacial score (nSPS) is 12.5. The van der Waals surface area contributed by atoms with Crippen LogP contribution in [0.5, 0.6) is 5.75 Å². The zero-order valence-electron chi connectivity index (χ0n) is 11.2. The molecule has 1 aromatic carbocycles. The smallest absolute Gasteiger partial charge is 0.123 e. The Labute approximate surface area is 135 Å². The highest BCUT2D eigenvalue weighted by molar-refractivity contribution is 9.11. The van der Waals surface area contributed by atoms with E-state index in [2.05, 4.69) is 70.0 Å². The lowest BCUT2D eigenvalue weighted by molar-refractivity contribution is 0.337. The summed E-state index contributed by atoms with van der Waals surface area (Å²) in [6.45, 7) is 6.92. The van der Waals surface area contributed by atoms with Gasteiger partial charge in [-0.1, -0.05) is 33.6 Å². The highest BCUT2D eigenvalue weighted by Gasteiger charge is 2.18. The van der Waals surface area contributed by atoms with E-state index in [1.807, 2.05) is 6.92 Å². The second-order valence-corrected chi connectivity index (χ2v) is 7.76. The van der Waals surface area contributed by atoms with E-state index in [4.69, 9.17) is 4.74 Å². The van der Waals surface area contributed by atoms with Crippen molar-refractivity contribution >= 4 is 43.2 Å². The van der Waals surface area contributed by atoms with E-state index in [1.54, 1.807) is 11.3 Å². The zero-order chi connectivity index (χ0) is 14.0. The minimum absolute atomic E-state index is 0.170. The first-order chi connectivity index (χ1) is 9.02. The van der Waals surface area contributed by atoms with Crippen LogP contribution in [0.2, 0.25) is 0 Å². The molecule has 0 aliphatic carbocycles. The first-order valence-electron chi connectivity index (χ1n) is 6.16. The van der Waals surface area contributed by atoms with Crippen LogP contribution in [0.15, 0.2) is 28.1 Å². The van der Waals surface area contributed by atoms with Gasteiger partial charge in [-0.25, -0.2) is 0 Å². The van der Waals surface area contributed by atoms with Crippen molar-refractivity contribution in [3.05, 3.63) is 49.6 Å². The van der Waals surface area contributed by atoms with Crippen LogP contribution in [0.4, 0.5) is 0 Å². The van der Waals surface area contributed by atoms with Crippen LogP contribution < -0.4 is 4.74 Å². The van der Waals surface area contributed by atoms with Crippen LogP contribution in [-0.4, -0.2) is 6.61 Å². The van der Waals surface area contributed by atoms with Gasteiger partial charge in [-0.3, -0.25) is 0 Å². The fourth-order valence-electron chi connectivity index (χ4n) is 1.91. The Morgan fingerprint density at radius 3 is 2.58 bits per heavy atom. The van der Waals surface area contributed by atoms with Crippen LogP contribution in [0.25, 0.3) is 0 Å². The van der Waals surface area contributed by atoms with Crippen molar-refractivity contribution in [3.8, 4) is 5.75 Å². The summed E-state index contributed by atoms with van der Waals surface area (Å²) in [7, 11) is 0. The van der Waals surface area contributed by atoms with Crippen molar-refractivity contribution in [1.29, 1.82) is 0 Å². The van der Waals surface area contributed by atoms with E-state index >= 15 is 0 Å². The molecule has 1 unspecified atom stereocenters. The van der Waals surface area contributed by atoms with Crippen LogP contribution >= 0.6 is 43.2 Å². The molecule has 0 aliphatic heterocycles. The average molecular weight is 404 g/mol. The number of halogens is 2. The third-order valence-corrected chi connectivity index (χ3v) is 6.36. The second-order valence-electron chi connectivity index (χ2n) is 4.44. The van der Waals surface area contributed by atoms with Crippen molar-refractivity contribution in [1.82, 2.24) is 0 Å². The number of aryl methyl sites for hydroxylation is 2. The van der Waals surface area contributed by atoms with E-state index in [1.165, 1.54) is 25.4 Å². The standard InChI is InChI=1S/C15H16Br2OS/c1-4-18-12-6-5-9(2)7-11(12)14(16)13-8-10(3)15(17)19-13/h5-8,14H,4H2,1-3H3. The van der Waals surface area contributed by atoms with Crippen LogP contribution in [0.1, 0.15) is 33.3 Å². The number of rotatable bonds is 4. The van der Waals surface area contributed by atoms with Gasteiger partial charge in [0.1, 0.15) is 5.75 Å². The van der Waals surface area contributed by atoms with Crippen LogP contribution in [-0.2, 0) is 0 Å². The Bertz CT molecular complexity index is 558. The van der Waals surface area contributed by atoms with Gasteiger partial charge in [0, 0.05) is 10.4 Å². The summed E-state index contributed by atoms with van der Waals surface area (Å²) >= 11 is 9.16. The van der Waals surface area contributed by atoms with Gasteiger partial charge in [0.25, 0.3) is 0 Å². The summed E-state index contributed by atoms with van der Waals surface area (Å²) in [5.74, 6) is 0.956. The lowest BCUT2D eigenvalue weighted by atomic mass is 10.1. The third kappa shape index (κ3) is 3.41. The molecule has 19 heavy (non-hydrogen) atoms. The minimum atomic E-state index is 0.170. The third-order valence-electron chi connectivity index (χ3n) is 2.86. The zero-order valence-corrected chi connectivity index (χ0v) is 15.2. The molecule has 4 heteroatoms. The molecule has 0 N–H and O–H groups in total. The lowest BCUT2D eigenvalue weighted by Crippen LogP contribution is -1.99. The Hall–Kier alpha value is -0.320. The SMILES string of the molecule is CCOc1ccc(C)cc1C(Br)c1cc(C)c(Br)s1. The van der Waals surface area contributed by atoms with Crippen molar-refractivity contribution < 1.29 is 4.74 Å². The Balaban J connectivity index is 2.41. The molecule has 1 atom stereocenters. The summed E-state index contributed by atoms with van der Waals surface area (Å²) in [5, 5.41) is 0. The van der Waals surface area contributed by atoms with Gasteiger partial charge >= 0.3 is 0 Å². The quantitative estimate of drug-likeness (QED) is 0.568. The van der Waals surface area contributed by atoms with Gasteiger partial charge < -0.3 is 4.74 Å². The maximum atomic E-state index is 5.73. The van der Waals surface area contributed by atoms with Gasteiger partial charge in [-0.2, -0.15) is 0 Å². The van der Waals surface area contributed by atoms with Crippen molar-refractivity contribution in [2.24, 2.45) is 0 Å². The van der Waals surface area contributed by atoms with E-state index in [-0.39, 0.29) is 4.83 Å². The van der Waals surface area contributed by atoms with Crippen molar-refractivity contribution in [3.63, 3.8) is 0 Å².